The molecular weight excluding hydrogens is 240 g/mol. The van der Waals surface area contributed by atoms with Gasteiger partial charge in [-0.25, -0.2) is 0 Å². The molecule has 2 aromatic rings. The van der Waals surface area contributed by atoms with E-state index in [-0.39, 0.29) is 12.2 Å². The van der Waals surface area contributed by atoms with E-state index < -0.39 is 0 Å². The Bertz CT molecular complexity index is 562. The van der Waals surface area contributed by atoms with Crippen molar-refractivity contribution in [1.82, 2.24) is 0 Å². The molecule has 3 rings (SSSR count). The summed E-state index contributed by atoms with van der Waals surface area (Å²) in [5, 5.41) is 0. The molecule has 0 radical (unpaired) electrons. The van der Waals surface area contributed by atoms with Gasteiger partial charge in [-0.15, -0.1) is 0 Å². The summed E-state index contributed by atoms with van der Waals surface area (Å²) in [5.74, 6) is 1.74. The number of rotatable bonds is 4. The van der Waals surface area contributed by atoms with E-state index in [0.717, 1.165) is 22.6 Å². The lowest BCUT2D eigenvalue weighted by atomic mass is 10.0. The average molecular weight is 256 g/mol. The summed E-state index contributed by atoms with van der Waals surface area (Å²) in [4.78, 5) is 0. The molecular formula is C16H16O3. The van der Waals surface area contributed by atoms with Crippen LogP contribution in [0.2, 0.25) is 0 Å². The van der Waals surface area contributed by atoms with Gasteiger partial charge in [0.2, 0.25) is 0 Å². The summed E-state index contributed by atoms with van der Waals surface area (Å²) in [5.41, 5.74) is 2.27. The second-order valence-electron chi connectivity index (χ2n) is 4.49. The van der Waals surface area contributed by atoms with Crippen LogP contribution in [0, 0.1) is 0 Å². The Balaban J connectivity index is 1.80. The highest BCUT2D eigenvalue weighted by Gasteiger charge is 2.42. The fraction of sp³-hybridized carbons (Fsp3) is 0.250. The lowest BCUT2D eigenvalue weighted by Crippen LogP contribution is -1.91. The van der Waals surface area contributed by atoms with Gasteiger partial charge in [-0.3, -0.25) is 0 Å². The van der Waals surface area contributed by atoms with Crippen molar-refractivity contribution in [2.24, 2.45) is 0 Å². The highest BCUT2D eigenvalue weighted by atomic mass is 16.6. The monoisotopic (exact) mass is 256 g/mol. The summed E-state index contributed by atoms with van der Waals surface area (Å²) in [6, 6.07) is 16.0. The predicted molar refractivity (Wildman–Crippen MR) is 72.6 cm³/mol. The van der Waals surface area contributed by atoms with E-state index in [0.29, 0.717) is 0 Å². The third kappa shape index (κ3) is 2.29. The minimum Gasteiger partial charge on any atom is -0.497 e. The van der Waals surface area contributed by atoms with E-state index in [1.807, 2.05) is 48.5 Å². The highest BCUT2D eigenvalue weighted by molar-refractivity contribution is 5.40. The maximum absolute atomic E-state index is 5.78. The average Bonchev–Trinajstić information content (AvgIpc) is 3.27. The molecule has 0 bridgehead atoms. The van der Waals surface area contributed by atoms with Gasteiger partial charge in [0.25, 0.3) is 0 Å². The SMILES string of the molecule is COc1ccc(C2OC2c2ccccc2OC)cc1. The Morgan fingerprint density at radius 2 is 1.58 bits per heavy atom. The minimum absolute atomic E-state index is 0.0875. The molecule has 1 heterocycles. The van der Waals surface area contributed by atoms with E-state index in [2.05, 4.69) is 0 Å². The van der Waals surface area contributed by atoms with Crippen LogP contribution in [-0.2, 0) is 4.74 Å². The third-order valence-electron chi connectivity index (χ3n) is 3.38. The molecule has 0 spiro atoms. The molecule has 0 amide bonds. The topological polar surface area (TPSA) is 31.0 Å². The van der Waals surface area contributed by atoms with Crippen LogP contribution >= 0.6 is 0 Å². The predicted octanol–water partition coefficient (Wildman–Crippen LogP) is 3.52. The lowest BCUT2D eigenvalue weighted by molar-refractivity contribution is 0.364. The molecule has 1 fully saturated rings. The minimum atomic E-state index is 0.0875. The number of para-hydroxylation sites is 1. The molecule has 98 valence electrons. The Kier molecular flexibility index (Phi) is 3.13. The van der Waals surface area contributed by atoms with Crippen molar-refractivity contribution in [1.29, 1.82) is 0 Å². The van der Waals surface area contributed by atoms with Crippen molar-refractivity contribution in [2.45, 2.75) is 12.2 Å². The van der Waals surface area contributed by atoms with E-state index in [1.54, 1.807) is 14.2 Å². The van der Waals surface area contributed by atoms with Crippen LogP contribution < -0.4 is 9.47 Å². The van der Waals surface area contributed by atoms with Crippen molar-refractivity contribution in [3.8, 4) is 11.5 Å². The Morgan fingerprint density at radius 1 is 0.842 bits per heavy atom. The van der Waals surface area contributed by atoms with Gasteiger partial charge in [0.15, 0.2) is 0 Å². The molecule has 1 aliphatic rings. The molecule has 1 aliphatic heterocycles. The Morgan fingerprint density at radius 3 is 2.26 bits per heavy atom. The quantitative estimate of drug-likeness (QED) is 0.784. The zero-order chi connectivity index (χ0) is 13.2. The first kappa shape index (κ1) is 12.1. The van der Waals surface area contributed by atoms with Crippen molar-refractivity contribution >= 4 is 0 Å². The van der Waals surface area contributed by atoms with Crippen LogP contribution in [0.3, 0.4) is 0 Å². The van der Waals surface area contributed by atoms with Crippen molar-refractivity contribution in [3.63, 3.8) is 0 Å². The second kappa shape index (κ2) is 4.94. The molecule has 3 heteroatoms. The van der Waals surface area contributed by atoms with Gasteiger partial charge in [0.05, 0.1) is 14.2 Å². The summed E-state index contributed by atoms with van der Waals surface area (Å²) in [7, 11) is 3.35. The first-order valence-electron chi connectivity index (χ1n) is 6.26. The van der Waals surface area contributed by atoms with Crippen LogP contribution in [0.15, 0.2) is 48.5 Å². The van der Waals surface area contributed by atoms with Crippen LogP contribution in [-0.4, -0.2) is 14.2 Å². The van der Waals surface area contributed by atoms with E-state index in [4.69, 9.17) is 14.2 Å². The van der Waals surface area contributed by atoms with Crippen LogP contribution in [0.1, 0.15) is 23.3 Å². The Labute approximate surface area is 112 Å². The molecule has 0 aromatic heterocycles. The fourth-order valence-corrected chi connectivity index (χ4v) is 2.30. The zero-order valence-electron chi connectivity index (χ0n) is 11.0. The van der Waals surface area contributed by atoms with Gasteiger partial charge in [0, 0.05) is 5.56 Å². The Hall–Kier alpha value is -2.00. The molecule has 0 aliphatic carbocycles. The zero-order valence-corrected chi connectivity index (χ0v) is 11.0. The molecule has 1 saturated heterocycles. The summed E-state index contributed by atoms with van der Waals surface area (Å²) < 4.78 is 16.3. The van der Waals surface area contributed by atoms with Gasteiger partial charge >= 0.3 is 0 Å². The van der Waals surface area contributed by atoms with Gasteiger partial charge in [-0.05, 0) is 23.8 Å². The van der Waals surface area contributed by atoms with Gasteiger partial charge in [0.1, 0.15) is 23.7 Å². The normalized spacial score (nSPS) is 20.9. The van der Waals surface area contributed by atoms with Crippen LogP contribution in [0.25, 0.3) is 0 Å². The van der Waals surface area contributed by atoms with Crippen LogP contribution in [0.4, 0.5) is 0 Å². The molecule has 19 heavy (non-hydrogen) atoms. The van der Waals surface area contributed by atoms with Crippen molar-refractivity contribution in [3.05, 3.63) is 59.7 Å². The summed E-state index contributed by atoms with van der Waals surface area (Å²) in [6.07, 6.45) is 0.201. The number of benzene rings is 2. The highest BCUT2D eigenvalue weighted by Crippen LogP contribution is 2.53. The fourth-order valence-electron chi connectivity index (χ4n) is 2.30. The van der Waals surface area contributed by atoms with E-state index >= 15 is 0 Å². The van der Waals surface area contributed by atoms with E-state index in [9.17, 15) is 0 Å². The lowest BCUT2D eigenvalue weighted by Gasteiger charge is -2.05. The maximum atomic E-state index is 5.78. The van der Waals surface area contributed by atoms with Crippen LogP contribution in [0.5, 0.6) is 11.5 Å². The number of hydrogen-bond acceptors (Lipinski definition) is 3. The molecule has 3 nitrogen and oxygen atoms in total. The second-order valence-corrected chi connectivity index (χ2v) is 4.49. The molecule has 0 N–H and O–H groups in total. The van der Waals surface area contributed by atoms with Gasteiger partial charge < -0.3 is 14.2 Å². The molecule has 0 saturated carbocycles. The molecule has 2 unspecified atom stereocenters. The van der Waals surface area contributed by atoms with Crippen molar-refractivity contribution < 1.29 is 14.2 Å². The third-order valence-corrected chi connectivity index (χ3v) is 3.38. The largest absolute Gasteiger partial charge is 0.497 e. The molecule has 2 atom stereocenters. The number of ether oxygens (including phenoxy) is 3. The number of hydrogen-bond donors (Lipinski definition) is 0. The smallest absolute Gasteiger partial charge is 0.124 e. The first-order valence-corrected chi connectivity index (χ1v) is 6.26. The van der Waals surface area contributed by atoms with Gasteiger partial charge in [-0.2, -0.15) is 0 Å². The summed E-state index contributed by atoms with van der Waals surface area (Å²) in [6.45, 7) is 0. The summed E-state index contributed by atoms with van der Waals surface area (Å²) >= 11 is 0. The first-order chi connectivity index (χ1) is 9.33. The van der Waals surface area contributed by atoms with Crippen molar-refractivity contribution in [2.75, 3.05) is 14.2 Å². The number of epoxide rings is 1. The van der Waals surface area contributed by atoms with E-state index in [1.165, 1.54) is 0 Å². The standard InChI is InChI=1S/C16H16O3/c1-17-12-9-7-11(8-10-12)15-16(19-15)13-5-3-4-6-14(13)18-2/h3-10,15-16H,1-2H3. The van der Waals surface area contributed by atoms with Gasteiger partial charge in [-0.1, -0.05) is 30.3 Å². The molecule has 2 aromatic carbocycles. The maximum Gasteiger partial charge on any atom is 0.124 e. The number of methoxy groups -OCH3 is 2.